The third kappa shape index (κ3) is 4.16. The van der Waals surface area contributed by atoms with Gasteiger partial charge < -0.3 is 14.4 Å². The molecule has 4 rings (SSSR count). The molecule has 0 unspecified atom stereocenters. The maximum atomic E-state index is 14.3. The van der Waals surface area contributed by atoms with E-state index >= 15 is 0 Å². The van der Waals surface area contributed by atoms with Gasteiger partial charge in [0.15, 0.2) is 0 Å². The molecule has 0 atom stereocenters. The lowest BCUT2D eigenvalue weighted by atomic mass is 9.99. The Morgan fingerprint density at radius 3 is 2.68 bits per heavy atom. The Kier molecular flexibility index (Phi) is 6.60. The number of carbonyl (C=O) groups is 1. The fourth-order valence-corrected chi connectivity index (χ4v) is 3.66. The Bertz CT molecular complexity index is 974. The molecule has 6 heteroatoms. The quantitative estimate of drug-likeness (QED) is 0.645. The predicted molar refractivity (Wildman–Crippen MR) is 111 cm³/mol. The molecule has 146 valence electrons. The molecule has 2 heterocycles. The summed E-state index contributed by atoms with van der Waals surface area (Å²) in [4.78, 5) is 14.7. The molecule has 3 aromatic rings. The highest BCUT2D eigenvalue weighted by molar-refractivity contribution is 6.31. The second-order valence-electron chi connectivity index (χ2n) is 6.63. The van der Waals surface area contributed by atoms with E-state index in [1.807, 2.05) is 31.9 Å². The van der Waals surface area contributed by atoms with Crippen molar-refractivity contribution in [2.75, 3.05) is 31.2 Å². The molecule has 0 N–H and O–H groups in total. The van der Waals surface area contributed by atoms with Gasteiger partial charge in [0, 0.05) is 36.1 Å². The summed E-state index contributed by atoms with van der Waals surface area (Å²) in [5, 5.41) is 1.62. The van der Waals surface area contributed by atoms with Crippen LogP contribution in [0.25, 0.3) is 10.9 Å². The van der Waals surface area contributed by atoms with Crippen LogP contribution in [0.5, 0.6) is 0 Å². The van der Waals surface area contributed by atoms with Gasteiger partial charge >= 0.3 is 0 Å². The van der Waals surface area contributed by atoms with E-state index in [0.717, 1.165) is 46.7 Å². The molecule has 1 aliphatic rings. The summed E-state index contributed by atoms with van der Waals surface area (Å²) in [6.45, 7) is 6.95. The van der Waals surface area contributed by atoms with Crippen molar-refractivity contribution in [3.63, 3.8) is 0 Å². The first-order valence-corrected chi connectivity index (χ1v) is 9.44. The average Bonchev–Trinajstić information content (AvgIpc) is 2.73. The number of fused-ring (bicyclic) bond motifs is 1. The molecule has 0 aliphatic carbocycles. The van der Waals surface area contributed by atoms with Crippen LogP contribution in [-0.2, 0) is 16.0 Å². The SMILES string of the molecule is C=O.Cc1cc(Cc2cnc3c(F)cccc3c2N2CCOCC2)ccc1Cl. The topological polar surface area (TPSA) is 42.4 Å². The predicted octanol–water partition coefficient (Wildman–Crippen LogP) is 4.58. The van der Waals surface area contributed by atoms with Crippen LogP contribution >= 0.6 is 11.6 Å². The van der Waals surface area contributed by atoms with Gasteiger partial charge in [0.2, 0.25) is 0 Å². The van der Waals surface area contributed by atoms with Crippen LogP contribution in [0.3, 0.4) is 0 Å². The molecule has 28 heavy (non-hydrogen) atoms. The number of nitrogens with zero attached hydrogens (tertiary/aromatic N) is 2. The number of morpholine rings is 1. The summed E-state index contributed by atoms with van der Waals surface area (Å²) in [6.07, 6.45) is 2.53. The number of pyridine rings is 1. The molecule has 1 saturated heterocycles. The van der Waals surface area contributed by atoms with Crippen molar-refractivity contribution >= 4 is 35.0 Å². The first kappa shape index (κ1) is 20.2. The van der Waals surface area contributed by atoms with Crippen molar-refractivity contribution in [3.8, 4) is 0 Å². The van der Waals surface area contributed by atoms with Crippen molar-refractivity contribution in [2.45, 2.75) is 13.3 Å². The van der Waals surface area contributed by atoms with Crippen LogP contribution in [-0.4, -0.2) is 38.1 Å². The number of para-hydroxylation sites is 1. The van der Waals surface area contributed by atoms with Crippen molar-refractivity contribution in [1.82, 2.24) is 4.98 Å². The lowest BCUT2D eigenvalue weighted by Crippen LogP contribution is -2.37. The molecule has 1 fully saturated rings. The zero-order chi connectivity index (χ0) is 20.1. The Morgan fingerprint density at radius 1 is 1.21 bits per heavy atom. The molecular formula is C22H22ClFN2O2. The number of carbonyl (C=O) groups excluding carboxylic acids is 1. The normalized spacial score (nSPS) is 13.9. The van der Waals surface area contributed by atoms with Crippen LogP contribution in [0.4, 0.5) is 10.1 Å². The summed E-state index contributed by atoms with van der Waals surface area (Å²) >= 11 is 6.16. The molecule has 4 nitrogen and oxygen atoms in total. The number of rotatable bonds is 3. The molecule has 0 amide bonds. The van der Waals surface area contributed by atoms with E-state index in [2.05, 4.69) is 16.0 Å². The Morgan fingerprint density at radius 2 is 1.96 bits per heavy atom. The molecule has 0 bridgehead atoms. The molecular weight excluding hydrogens is 379 g/mol. The monoisotopic (exact) mass is 400 g/mol. The Hall–Kier alpha value is -2.50. The molecule has 2 aromatic carbocycles. The average molecular weight is 401 g/mol. The first-order chi connectivity index (χ1) is 13.6. The molecule has 0 spiro atoms. The Labute approximate surface area is 168 Å². The summed E-state index contributed by atoms with van der Waals surface area (Å²) in [6, 6.07) is 11.2. The maximum absolute atomic E-state index is 14.3. The van der Waals surface area contributed by atoms with E-state index in [1.165, 1.54) is 11.6 Å². The van der Waals surface area contributed by atoms with Gasteiger partial charge in [-0.25, -0.2) is 4.39 Å². The molecule has 0 radical (unpaired) electrons. The van der Waals surface area contributed by atoms with Gasteiger partial charge in [0.1, 0.15) is 18.1 Å². The van der Waals surface area contributed by atoms with E-state index < -0.39 is 0 Å². The van der Waals surface area contributed by atoms with Gasteiger partial charge in [0.05, 0.1) is 18.9 Å². The van der Waals surface area contributed by atoms with Crippen LogP contribution in [0.2, 0.25) is 5.02 Å². The summed E-state index contributed by atoms with van der Waals surface area (Å²) < 4.78 is 19.8. The van der Waals surface area contributed by atoms with Crippen LogP contribution in [0.1, 0.15) is 16.7 Å². The van der Waals surface area contributed by atoms with Crippen molar-refractivity contribution < 1.29 is 13.9 Å². The number of anilines is 1. The number of aryl methyl sites for hydroxylation is 1. The fourth-order valence-electron chi connectivity index (χ4n) is 3.54. The second-order valence-corrected chi connectivity index (χ2v) is 7.03. The van der Waals surface area contributed by atoms with E-state index in [0.29, 0.717) is 18.7 Å². The number of benzene rings is 2. The molecule has 1 aliphatic heterocycles. The standard InChI is InChI=1S/C21H20ClFN2O.CH2O/c1-14-11-15(5-6-18(14)22)12-16-13-24-20-17(3-2-4-19(20)23)21(16)25-7-9-26-10-8-25;1-2/h2-6,11,13H,7-10,12H2,1H3;1H2. The van der Waals surface area contributed by atoms with E-state index in [4.69, 9.17) is 21.1 Å². The minimum Gasteiger partial charge on any atom is -0.378 e. The molecule has 1 aromatic heterocycles. The number of hydrogen-bond acceptors (Lipinski definition) is 4. The largest absolute Gasteiger partial charge is 0.378 e. The van der Waals surface area contributed by atoms with Crippen LogP contribution < -0.4 is 4.90 Å². The second kappa shape index (κ2) is 9.13. The summed E-state index contributed by atoms with van der Waals surface area (Å²) in [5.41, 5.74) is 4.79. The molecule has 0 saturated carbocycles. The zero-order valence-corrected chi connectivity index (χ0v) is 16.5. The van der Waals surface area contributed by atoms with Gasteiger partial charge in [0.25, 0.3) is 0 Å². The van der Waals surface area contributed by atoms with Gasteiger partial charge in [-0.15, -0.1) is 0 Å². The third-order valence-electron chi connectivity index (χ3n) is 4.84. The highest BCUT2D eigenvalue weighted by atomic mass is 35.5. The maximum Gasteiger partial charge on any atom is 0.149 e. The minimum atomic E-state index is -0.286. The fraction of sp³-hybridized carbons (Fsp3) is 0.273. The highest BCUT2D eigenvalue weighted by Crippen LogP contribution is 2.33. The third-order valence-corrected chi connectivity index (χ3v) is 5.26. The Balaban J connectivity index is 0.00000109. The van der Waals surface area contributed by atoms with E-state index in [9.17, 15) is 4.39 Å². The summed E-state index contributed by atoms with van der Waals surface area (Å²) in [7, 11) is 0. The van der Waals surface area contributed by atoms with Crippen molar-refractivity contribution in [3.05, 3.63) is 70.1 Å². The lowest BCUT2D eigenvalue weighted by molar-refractivity contribution is -0.0979. The number of halogens is 2. The number of ether oxygens (including phenoxy) is 1. The van der Waals surface area contributed by atoms with Crippen molar-refractivity contribution in [1.29, 1.82) is 0 Å². The first-order valence-electron chi connectivity index (χ1n) is 9.06. The zero-order valence-electron chi connectivity index (χ0n) is 15.8. The number of aromatic nitrogens is 1. The lowest BCUT2D eigenvalue weighted by Gasteiger charge is -2.31. The minimum absolute atomic E-state index is 0.286. The van der Waals surface area contributed by atoms with Crippen LogP contribution in [0.15, 0.2) is 42.6 Å². The number of hydrogen-bond donors (Lipinski definition) is 0. The van der Waals surface area contributed by atoms with E-state index in [1.54, 1.807) is 12.3 Å². The van der Waals surface area contributed by atoms with Gasteiger partial charge in [-0.3, -0.25) is 4.98 Å². The smallest absolute Gasteiger partial charge is 0.149 e. The summed E-state index contributed by atoms with van der Waals surface area (Å²) in [5.74, 6) is -0.286. The van der Waals surface area contributed by atoms with Gasteiger partial charge in [-0.1, -0.05) is 35.9 Å². The van der Waals surface area contributed by atoms with Gasteiger partial charge in [-0.05, 0) is 35.7 Å². The van der Waals surface area contributed by atoms with Crippen molar-refractivity contribution in [2.24, 2.45) is 0 Å². The van der Waals surface area contributed by atoms with Crippen LogP contribution in [0, 0.1) is 12.7 Å². The van der Waals surface area contributed by atoms with E-state index in [-0.39, 0.29) is 5.82 Å². The highest BCUT2D eigenvalue weighted by Gasteiger charge is 2.20. The van der Waals surface area contributed by atoms with Gasteiger partial charge in [-0.2, -0.15) is 0 Å².